The molecule has 0 aliphatic rings. The molecule has 0 aromatic carbocycles. The zero-order chi connectivity index (χ0) is 13.7. The average Bonchev–Trinajstić information content (AvgIpc) is 2.29. The van der Waals surface area contributed by atoms with E-state index in [1.54, 1.807) is 0 Å². The summed E-state index contributed by atoms with van der Waals surface area (Å²) in [6.45, 7) is 0.195. The number of halogens is 3. The van der Waals surface area contributed by atoms with Crippen LogP contribution < -0.4 is 0 Å². The smallest absolute Gasteiger partial charge is 0.146 e. The first-order chi connectivity index (χ1) is 8.56. The van der Waals surface area contributed by atoms with Crippen LogP contribution in [0.5, 0.6) is 0 Å². The monoisotopic (exact) mass is 330 g/mol. The third-order valence-electron chi connectivity index (χ3n) is 3.25. The first kappa shape index (κ1) is 19.1. The molecule has 4 heteroatoms. The first-order valence-corrected chi connectivity index (χ1v) is 12.8. The molecular formula is C14H29Cl3Si. The Labute approximate surface area is 129 Å². The van der Waals surface area contributed by atoms with Crippen LogP contribution in [0.25, 0.3) is 0 Å². The maximum atomic E-state index is 6.06. The van der Waals surface area contributed by atoms with Crippen molar-refractivity contribution in [3.63, 3.8) is 0 Å². The molecule has 0 nitrogen and oxygen atoms in total. The van der Waals surface area contributed by atoms with Crippen LogP contribution in [0.15, 0.2) is 0 Å². The van der Waals surface area contributed by atoms with Gasteiger partial charge in [-0.15, -0.1) is 33.8 Å². The van der Waals surface area contributed by atoms with Gasteiger partial charge in [0.15, 0.2) is 0 Å². The molecule has 0 saturated carbocycles. The molecule has 0 spiro atoms. The molecule has 0 fully saturated rings. The van der Waals surface area contributed by atoms with Crippen LogP contribution in [0, 0.1) is 0 Å². The lowest BCUT2D eigenvalue weighted by Crippen LogP contribution is -2.11. The summed E-state index contributed by atoms with van der Waals surface area (Å²) in [6.07, 6.45) is 14.7. The predicted octanol–water partition coefficient (Wildman–Crippen LogP) is 7.07. The lowest BCUT2D eigenvalue weighted by molar-refractivity contribution is 0.554. The molecule has 0 aliphatic carbocycles. The Kier molecular flexibility index (Phi) is 13.9. The quantitative estimate of drug-likeness (QED) is 0.146. The van der Waals surface area contributed by atoms with Gasteiger partial charge < -0.3 is 0 Å². The van der Waals surface area contributed by atoms with Crippen molar-refractivity contribution in [1.82, 2.24) is 0 Å². The molecule has 0 unspecified atom stereocenters. The Morgan fingerprint density at radius 1 is 0.611 bits per heavy atom. The summed E-state index contributed by atoms with van der Waals surface area (Å²) in [6, 6.07) is 1.05. The summed E-state index contributed by atoms with van der Waals surface area (Å²) in [7, 11) is 0. The average molecular weight is 332 g/mol. The van der Waals surface area contributed by atoms with E-state index >= 15 is 0 Å². The van der Waals surface area contributed by atoms with Gasteiger partial charge in [0.2, 0.25) is 6.69 Å². The minimum absolute atomic E-state index is 0.826. The van der Waals surface area contributed by atoms with Crippen molar-refractivity contribution in [2.24, 2.45) is 0 Å². The van der Waals surface area contributed by atoms with Gasteiger partial charge in [-0.3, -0.25) is 0 Å². The molecule has 0 atom stereocenters. The van der Waals surface area contributed by atoms with E-state index in [1.165, 1.54) is 70.6 Å². The van der Waals surface area contributed by atoms with Crippen LogP contribution in [-0.2, 0) is 0 Å². The molecule has 0 aliphatic heterocycles. The van der Waals surface area contributed by atoms with Gasteiger partial charge in [0.25, 0.3) is 0 Å². The molecule has 0 bridgehead atoms. The minimum atomic E-state index is -1.82. The number of unbranched alkanes of at least 4 members (excludes halogenated alkanes) is 10. The number of alkyl halides is 1. The Morgan fingerprint density at radius 2 is 0.944 bits per heavy atom. The second-order valence-corrected chi connectivity index (χ2v) is 14.0. The summed E-state index contributed by atoms with van der Waals surface area (Å²) in [5, 5.41) is 0. The second kappa shape index (κ2) is 13.1. The van der Waals surface area contributed by atoms with Gasteiger partial charge in [-0.05, 0) is 19.0 Å². The molecular weight excluding hydrogens is 303 g/mol. The van der Waals surface area contributed by atoms with Crippen LogP contribution in [-0.4, -0.2) is 12.6 Å². The predicted molar refractivity (Wildman–Crippen MR) is 89.6 cm³/mol. The van der Waals surface area contributed by atoms with E-state index in [0.717, 1.165) is 11.9 Å². The fourth-order valence-corrected chi connectivity index (χ4v) is 3.98. The van der Waals surface area contributed by atoms with E-state index in [4.69, 9.17) is 33.8 Å². The zero-order valence-electron chi connectivity index (χ0n) is 11.8. The number of hydrogen-bond donors (Lipinski definition) is 0. The molecule has 110 valence electrons. The summed E-state index contributed by atoms with van der Waals surface area (Å²) in [4.78, 5) is 0. The SMILES string of the molecule is C[Si](Cl)(Cl)CCCCCCCCCCCCCCl. The fourth-order valence-electron chi connectivity index (χ4n) is 2.12. The van der Waals surface area contributed by atoms with Gasteiger partial charge in [0.1, 0.15) is 0 Å². The third kappa shape index (κ3) is 17.1. The highest BCUT2D eigenvalue weighted by Crippen LogP contribution is 2.23. The molecule has 0 radical (unpaired) electrons. The van der Waals surface area contributed by atoms with E-state index in [1.807, 2.05) is 6.55 Å². The van der Waals surface area contributed by atoms with Gasteiger partial charge in [0.05, 0.1) is 0 Å². The lowest BCUT2D eigenvalue weighted by atomic mass is 10.1. The molecule has 0 amide bonds. The third-order valence-corrected chi connectivity index (χ3v) is 5.88. The van der Waals surface area contributed by atoms with Crippen molar-refractivity contribution in [3.05, 3.63) is 0 Å². The van der Waals surface area contributed by atoms with Gasteiger partial charge in [-0.1, -0.05) is 64.2 Å². The number of hydrogen-bond acceptors (Lipinski definition) is 0. The van der Waals surface area contributed by atoms with Crippen LogP contribution in [0.1, 0.15) is 70.6 Å². The van der Waals surface area contributed by atoms with E-state index in [9.17, 15) is 0 Å². The standard InChI is InChI=1S/C14H29Cl3Si/c1-18(16,17)14-12-10-8-6-4-2-3-5-7-9-11-13-15/h2-14H2,1H3. The highest BCUT2D eigenvalue weighted by atomic mass is 35.7. The second-order valence-electron chi connectivity index (χ2n) is 5.40. The summed E-state index contributed by atoms with van der Waals surface area (Å²) in [5.74, 6) is 0.826. The largest absolute Gasteiger partial charge is 0.248 e. The first-order valence-electron chi connectivity index (χ1n) is 7.50. The van der Waals surface area contributed by atoms with E-state index in [2.05, 4.69) is 0 Å². The Balaban J connectivity index is 2.99. The molecule has 0 aromatic rings. The summed E-state index contributed by atoms with van der Waals surface area (Å²) < 4.78 is 0. The molecule has 0 saturated heterocycles. The molecule has 18 heavy (non-hydrogen) atoms. The summed E-state index contributed by atoms with van der Waals surface area (Å²) in [5.41, 5.74) is 0. The van der Waals surface area contributed by atoms with Crippen molar-refractivity contribution in [2.45, 2.75) is 83.2 Å². The highest BCUT2D eigenvalue weighted by molar-refractivity contribution is 7.44. The lowest BCUT2D eigenvalue weighted by Gasteiger charge is -2.09. The Bertz CT molecular complexity index is 169. The van der Waals surface area contributed by atoms with Crippen molar-refractivity contribution >= 4 is 40.5 Å². The maximum Gasteiger partial charge on any atom is 0.248 e. The fraction of sp³-hybridized carbons (Fsp3) is 1.00. The Hall–Kier alpha value is 1.09. The molecule has 0 N–H and O–H groups in total. The van der Waals surface area contributed by atoms with E-state index in [0.29, 0.717) is 0 Å². The minimum Gasteiger partial charge on any atom is -0.146 e. The Morgan fingerprint density at radius 3 is 1.28 bits per heavy atom. The molecule has 0 rings (SSSR count). The van der Waals surface area contributed by atoms with Gasteiger partial charge in [0, 0.05) is 5.88 Å². The number of rotatable bonds is 13. The molecule has 0 heterocycles. The summed E-state index contributed by atoms with van der Waals surface area (Å²) >= 11 is 17.8. The van der Waals surface area contributed by atoms with Gasteiger partial charge in [-0.2, -0.15) is 0 Å². The van der Waals surface area contributed by atoms with E-state index < -0.39 is 6.69 Å². The van der Waals surface area contributed by atoms with Crippen LogP contribution in [0.4, 0.5) is 0 Å². The van der Waals surface area contributed by atoms with Gasteiger partial charge >= 0.3 is 0 Å². The highest BCUT2D eigenvalue weighted by Gasteiger charge is 2.19. The van der Waals surface area contributed by atoms with Crippen LogP contribution in [0.2, 0.25) is 12.6 Å². The maximum absolute atomic E-state index is 6.06. The van der Waals surface area contributed by atoms with Crippen molar-refractivity contribution < 1.29 is 0 Å². The van der Waals surface area contributed by atoms with Crippen molar-refractivity contribution in [1.29, 1.82) is 0 Å². The van der Waals surface area contributed by atoms with Crippen molar-refractivity contribution in [3.8, 4) is 0 Å². The normalized spacial score (nSPS) is 12.0. The van der Waals surface area contributed by atoms with Crippen LogP contribution in [0.3, 0.4) is 0 Å². The van der Waals surface area contributed by atoms with Crippen LogP contribution >= 0.6 is 33.8 Å². The zero-order valence-corrected chi connectivity index (χ0v) is 15.1. The van der Waals surface area contributed by atoms with Crippen molar-refractivity contribution in [2.75, 3.05) is 5.88 Å². The topological polar surface area (TPSA) is 0 Å². The molecule has 0 aromatic heterocycles. The van der Waals surface area contributed by atoms with Gasteiger partial charge in [-0.25, -0.2) is 0 Å². The van der Waals surface area contributed by atoms with E-state index in [-0.39, 0.29) is 0 Å².